The van der Waals surface area contributed by atoms with E-state index in [0.29, 0.717) is 6.61 Å². The molecule has 0 radical (unpaired) electrons. The summed E-state index contributed by atoms with van der Waals surface area (Å²) in [6.45, 7) is 5.88. The molecule has 0 aliphatic rings. The Bertz CT molecular complexity index is 572. The van der Waals surface area contributed by atoms with Crippen LogP contribution in [-0.2, 0) is 24.3 Å². The Hall–Kier alpha value is -1.81. The number of aromatic nitrogens is 2. The fraction of sp³-hybridized carbons (Fsp3) is 0.471. The van der Waals surface area contributed by atoms with Gasteiger partial charge in [0.15, 0.2) is 0 Å². The Balaban J connectivity index is 2.32. The summed E-state index contributed by atoms with van der Waals surface area (Å²) >= 11 is 0. The minimum Gasteiger partial charge on any atom is -0.383 e. The molecule has 0 aliphatic carbocycles. The molecule has 1 aromatic carbocycles. The van der Waals surface area contributed by atoms with Gasteiger partial charge in [-0.05, 0) is 12.0 Å². The molecule has 0 unspecified atom stereocenters. The second-order valence-corrected chi connectivity index (χ2v) is 5.25. The maximum absolute atomic E-state index is 6.33. The van der Waals surface area contributed by atoms with Crippen LogP contribution in [0.25, 0.3) is 11.3 Å². The molecule has 0 saturated carbocycles. The number of methoxy groups -OCH3 is 1. The van der Waals surface area contributed by atoms with Gasteiger partial charge in [-0.15, -0.1) is 0 Å². The normalized spacial score (nSPS) is 11.0. The lowest BCUT2D eigenvalue weighted by Crippen LogP contribution is -2.06. The van der Waals surface area contributed by atoms with Gasteiger partial charge >= 0.3 is 0 Å². The molecular formula is C17H25N3O. The number of rotatable bonds is 7. The zero-order chi connectivity index (χ0) is 15.2. The standard InChI is InChI=1S/C17H25N3O/c1-4-6-11-20-15(5-2)19-16(17(20)18)14-9-7-13(8-10-14)12-21-3/h7-10H,4-6,11-12,18H2,1-3H3. The first-order chi connectivity index (χ1) is 10.2. The van der Waals surface area contributed by atoms with Gasteiger partial charge in [0.2, 0.25) is 0 Å². The highest BCUT2D eigenvalue weighted by Crippen LogP contribution is 2.27. The SMILES string of the molecule is CCCCn1c(CC)nc(-c2ccc(COC)cc2)c1N. The van der Waals surface area contributed by atoms with Crippen molar-refractivity contribution in [2.75, 3.05) is 12.8 Å². The van der Waals surface area contributed by atoms with Gasteiger partial charge in [-0.3, -0.25) is 0 Å². The van der Waals surface area contributed by atoms with Gasteiger partial charge in [0.05, 0.1) is 6.61 Å². The highest BCUT2D eigenvalue weighted by atomic mass is 16.5. The molecule has 4 heteroatoms. The highest BCUT2D eigenvalue weighted by molar-refractivity contribution is 5.71. The Morgan fingerprint density at radius 3 is 2.48 bits per heavy atom. The number of ether oxygens (including phenoxy) is 1. The van der Waals surface area contributed by atoms with Crippen LogP contribution in [0.4, 0.5) is 5.82 Å². The van der Waals surface area contributed by atoms with Crippen molar-refractivity contribution in [1.82, 2.24) is 9.55 Å². The van der Waals surface area contributed by atoms with Crippen LogP contribution in [0.5, 0.6) is 0 Å². The third-order valence-corrected chi connectivity index (χ3v) is 3.68. The van der Waals surface area contributed by atoms with Crippen molar-refractivity contribution in [2.24, 2.45) is 0 Å². The smallest absolute Gasteiger partial charge is 0.131 e. The van der Waals surface area contributed by atoms with Crippen LogP contribution < -0.4 is 5.73 Å². The molecule has 2 N–H and O–H groups in total. The second-order valence-electron chi connectivity index (χ2n) is 5.25. The molecule has 0 amide bonds. The number of benzene rings is 1. The summed E-state index contributed by atoms with van der Waals surface area (Å²) in [4.78, 5) is 4.73. The van der Waals surface area contributed by atoms with E-state index in [1.54, 1.807) is 7.11 Å². The summed E-state index contributed by atoms with van der Waals surface area (Å²) in [5.74, 6) is 1.84. The van der Waals surface area contributed by atoms with E-state index in [4.69, 9.17) is 15.5 Å². The lowest BCUT2D eigenvalue weighted by molar-refractivity contribution is 0.185. The molecule has 114 valence electrons. The van der Waals surface area contributed by atoms with Gasteiger partial charge in [-0.2, -0.15) is 0 Å². The van der Waals surface area contributed by atoms with Crippen molar-refractivity contribution >= 4 is 5.82 Å². The molecule has 1 aromatic heterocycles. The van der Waals surface area contributed by atoms with Crippen LogP contribution in [0.3, 0.4) is 0 Å². The lowest BCUT2D eigenvalue weighted by Gasteiger charge is -2.08. The molecule has 0 bridgehead atoms. The largest absolute Gasteiger partial charge is 0.383 e. The molecule has 0 spiro atoms. The first-order valence-corrected chi connectivity index (χ1v) is 7.64. The van der Waals surface area contributed by atoms with E-state index < -0.39 is 0 Å². The molecule has 21 heavy (non-hydrogen) atoms. The zero-order valence-corrected chi connectivity index (χ0v) is 13.2. The van der Waals surface area contributed by atoms with Gasteiger partial charge in [0.1, 0.15) is 17.3 Å². The molecular weight excluding hydrogens is 262 g/mol. The first-order valence-electron chi connectivity index (χ1n) is 7.64. The van der Waals surface area contributed by atoms with E-state index in [1.165, 1.54) is 0 Å². The summed E-state index contributed by atoms with van der Waals surface area (Å²) in [5.41, 5.74) is 9.44. The van der Waals surface area contributed by atoms with Crippen molar-refractivity contribution in [3.8, 4) is 11.3 Å². The molecule has 0 saturated heterocycles. The fourth-order valence-electron chi connectivity index (χ4n) is 2.49. The van der Waals surface area contributed by atoms with Crippen molar-refractivity contribution < 1.29 is 4.74 Å². The number of anilines is 1. The van der Waals surface area contributed by atoms with Gasteiger partial charge in [0.25, 0.3) is 0 Å². The van der Waals surface area contributed by atoms with Gasteiger partial charge < -0.3 is 15.0 Å². The Morgan fingerprint density at radius 2 is 1.90 bits per heavy atom. The van der Waals surface area contributed by atoms with Crippen molar-refractivity contribution in [3.05, 3.63) is 35.7 Å². The van der Waals surface area contributed by atoms with Gasteiger partial charge in [-0.1, -0.05) is 44.5 Å². The molecule has 0 aliphatic heterocycles. The topological polar surface area (TPSA) is 53.1 Å². The number of nitrogens with two attached hydrogens (primary N) is 1. The van der Waals surface area contributed by atoms with E-state index in [2.05, 4.69) is 42.7 Å². The minimum atomic E-state index is 0.626. The first kappa shape index (κ1) is 15.6. The molecule has 2 aromatic rings. The van der Waals surface area contributed by atoms with Crippen molar-refractivity contribution in [3.63, 3.8) is 0 Å². The van der Waals surface area contributed by atoms with Crippen LogP contribution in [0.2, 0.25) is 0 Å². The van der Waals surface area contributed by atoms with Crippen molar-refractivity contribution in [2.45, 2.75) is 46.3 Å². The Labute approximate surface area is 127 Å². The monoisotopic (exact) mass is 287 g/mol. The van der Waals surface area contributed by atoms with Crippen molar-refractivity contribution in [1.29, 1.82) is 0 Å². The number of unbranched alkanes of at least 4 members (excludes halogenated alkanes) is 1. The third-order valence-electron chi connectivity index (χ3n) is 3.68. The van der Waals surface area contributed by atoms with Crippen LogP contribution >= 0.6 is 0 Å². The number of hydrogen-bond donors (Lipinski definition) is 1. The number of nitrogens with zero attached hydrogens (tertiary/aromatic N) is 2. The average Bonchev–Trinajstić information content (AvgIpc) is 2.82. The summed E-state index contributed by atoms with van der Waals surface area (Å²) in [5, 5.41) is 0. The second kappa shape index (κ2) is 7.27. The zero-order valence-electron chi connectivity index (χ0n) is 13.2. The number of aryl methyl sites for hydroxylation is 1. The molecule has 0 atom stereocenters. The maximum Gasteiger partial charge on any atom is 0.131 e. The minimum absolute atomic E-state index is 0.626. The summed E-state index contributed by atoms with van der Waals surface area (Å²) in [6, 6.07) is 8.26. The molecule has 1 heterocycles. The van der Waals surface area contributed by atoms with E-state index in [-0.39, 0.29) is 0 Å². The lowest BCUT2D eigenvalue weighted by atomic mass is 10.1. The number of hydrogen-bond acceptors (Lipinski definition) is 3. The number of imidazole rings is 1. The molecule has 2 rings (SSSR count). The third kappa shape index (κ3) is 3.45. The van der Waals surface area contributed by atoms with E-state index >= 15 is 0 Å². The maximum atomic E-state index is 6.33. The Morgan fingerprint density at radius 1 is 1.19 bits per heavy atom. The number of nitrogen functional groups attached to an aromatic ring is 1. The molecule has 0 fully saturated rings. The van der Waals surface area contributed by atoms with E-state index in [1.807, 2.05) is 0 Å². The fourth-order valence-corrected chi connectivity index (χ4v) is 2.49. The van der Waals surface area contributed by atoms with E-state index in [9.17, 15) is 0 Å². The summed E-state index contributed by atoms with van der Waals surface area (Å²) in [6.07, 6.45) is 3.18. The predicted molar refractivity (Wildman–Crippen MR) is 87.1 cm³/mol. The van der Waals surface area contributed by atoms with Crippen LogP contribution in [0, 0.1) is 0 Å². The van der Waals surface area contributed by atoms with Gasteiger partial charge in [-0.25, -0.2) is 4.98 Å². The summed E-state index contributed by atoms with van der Waals surface area (Å²) in [7, 11) is 1.70. The molecule has 4 nitrogen and oxygen atoms in total. The average molecular weight is 287 g/mol. The van der Waals surface area contributed by atoms with Crippen LogP contribution in [0.1, 0.15) is 38.1 Å². The Kier molecular flexibility index (Phi) is 5.39. The predicted octanol–water partition coefficient (Wildman–Crippen LogP) is 3.64. The summed E-state index contributed by atoms with van der Waals surface area (Å²) < 4.78 is 7.29. The van der Waals surface area contributed by atoms with Crippen LogP contribution in [0.15, 0.2) is 24.3 Å². The highest BCUT2D eigenvalue weighted by Gasteiger charge is 2.14. The van der Waals surface area contributed by atoms with Gasteiger partial charge in [0, 0.05) is 25.6 Å². The van der Waals surface area contributed by atoms with Crippen LogP contribution in [-0.4, -0.2) is 16.7 Å². The quantitative estimate of drug-likeness (QED) is 0.846. The van der Waals surface area contributed by atoms with E-state index in [0.717, 1.165) is 54.3 Å².